The molecule has 0 N–H and O–H groups in total. The molecule has 1 saturated heterocycles. The molecule has 2 rings (SSSR count). The van der Waals surface area contributed by atoms with Crippen molar-refractivity contribution in [3.63, 3.8) is 0 Å². The average Bonchev–Trinajstić information content (AvgIpc) is 2.79. The van der Waals surface area contributed by atoms with Crippen LogP contribution < -0.4 is 0 Å². The summed E-state index contributed by atoms with van der Waals surface area (Å²) in [6.07, 6.45) is 1.76. The molecule has 0 amide bonds. The van der Waals surface area contributed by atoms with E-state index in [9.17, 15) is 8.42 Å². The molecule has 0 radical (unpaired) electrons. The van der Waals surface area contributed by atoms with Crippen molar-refractivity contribution in [1.29, 1.82) is 0 Å². The van der Waals surface area contributed by atoms with E-state index in [0.717, 1.165) is 17.3 Å². The highest BCUT2D eigenvalue weighted by Crippen LogP contribution is 2.26. The van der Waals surface area contributed by atoms with E-state index in [-0.39, 0.29) is 6.04 Å². The minimum Gasteiger partial charge on any atom is -0.383 e. The SMILES string of the molecule is COC[C@H]1CCCN1S(=O)(=O)c1ccc(Br)cc1. The molecule has 100 valence electrons. The van der Waals surface area contributed by atoms with E-state index in [2.05, 4.69) is 15.9 Å². The summed E-state index contributed by atoms with van der Waals surface area (Å²) >= 11 is 3.30. The van der Waals surface area contributed by atoms with Gasteiger partial charge in [0.05, 0.1) is 11.5 Å². The fraction of sp³-hybridized carbons (Fsp3) is 0.500. The quantitative estimate of drug-likeness (QED) is 0.848. The van der Waals surface area contributed by atoms with Crippen LogP contribution >= 0.6 is 15.9 Å². The first-order chi connectivity index (χ1) is 8.55. The van der Waals surface area contributed by atoms with Crippen LogP contribution in [-0.4, -0.2) is 39.0 Å². The third-order valence-electron chi connectivity index (χ3n) is 3.10. The Labute approximate surface area is 116 Å². The Morgan fingerprint density at radius 1 is 1.39 bits per heavy atom. The molecule has 0 aliphatic carbocycles. The second kappa shape index (κ2) is 5.69. The van der Waals surface area contributed by atoms with Gasteiger partial charge >= 0.3 is 0 Å². The van der Waals surface area contributed by atoms with Crippen molar-refractivity contribution in [2.24, 2.45) is 0 Å². The van der Waals surface area contributed by atoms with Crippen LogP contribution in [0.25, 0.3) is 0 Å². The first-order valence-corrected chi connectivity index (χ1v) is 8.05. The fourth-order valence-corrected chi connectivity index (χ4v) is 4.17. The second-order valence-corrected chi connectivity index (χ2v) is 7.13. The largest absolute Gasteiger partial charge is 0.383 e. The van der Waals surface area contributed by atoms with Crippen molar-refractivity contribution in [1.82, 2.24) is 4.31 Å². The summed E-state index contributed by atoms with van der Waals surface area (Å²) in [5.74, 6) is 0. The number of halogens is 1. The Hall–Kier alpha value is -0.430. The Balaban J connectivity index is 2.27. The zero-order valence-electron chi connectivity index (χ0n) is 10.2. The van der Waals surface area contributed by atoms with Gasteiger partial charge in [-0.3, -0.25) is 0 Å². The summed E-state index contributed by atoms with van der Waals surface area (Å²) in [5, 5.41) is 0. The zero-order chi connectivity index (χ0) is 13.2. The number of methoxy groups -OCH3 is 1. The van der Waals surface area contributed by atoms with E-state index in [1.165, 1.54) is 0 Å². The highest BCUT2D eigenvalue weighted by Gasteiger charge is 2.34. The number of rotatable bonds is 4. The number of nitrogens with zero attached hydrogens (tertiary/aromatic N) is 1. The average molecular weight is 334 g/mol. The molecule has 0 saturated carbocycles. The highest BCUT2D eigenvalue weighted by molar-refractivity contribution is 9.10. The molecule has 1 atom stereocenters. The van der Waals surface area contributed by atoms with E-state index in [0.29, 0.717) is 18.0 Å². The Morgan fingerprint density at radius 2 is 2.06 bits per heavy atom. The van der Waals surface area contributed by atoms with Gasteiger partial charge in [0, 0.05) is 24.2 Å². The summed E-state index contributed by atoms with van der Waals surface area (Å²) in [5.41, 5.74) is 0. The Kier molecular flexibility index (Phi) is 4.42. The zero-order valence-corrected chi connectivity index (χ0v) is 12.6. The Morgan fingerprint density at radius 3 is 2.67 bits per heavy atom. The van der Waals surface area contributed by atoms with Crippen molar-refractivity contribution in [3.05, 3.63) is 28.7 Å². The molecule has 1 aromatic rings. The molecule has 0 bridgehead atoms. The van der Waals surface area contributed by atoms with Crippen molar-refractivity contribution in [2.75, 3.05) is 20.3 Å². The van der Waals surface area contributed by atoms with Crippen molar-refractivity contribution < 1.29 is 13.2 Å². The van der Waals surface area contributed by atoms with Crippen LogP contribution in [0.3, 0.4) is 0 Å². The summed E-state index contributed by atoms with van der Waals surface area (Å²) in [7, 11) is -1.79. The lowest BCUT2D eigenvalue weighted by atomic mass is 10.2. The van der Waals surface area contributed by atoms with Crippen molar-refractivity contribution in [2.45, 2.75) is 23.8 Å². The smallest absolute Gasteiger partial charge is 0.243 e. The van der Waals surface area contributed by atoms with Gasteiger partial charge in [-0.15, -0.1) is 0 Å². The lowest BCUT2D eigenvalue weighted by Crippen LogP contribution is -2.38. The molecule has 1 aliphatic heterocycles. The van der Waals surface area contributed by atoms with Crippen LogP contribution in [0, 0.1) is 0 Å². The Bertz CT molecular complexity index is 501. The van der Waals surface area contributed by atoms with Gasteiger partial charge in [-0.2, -0.15) is 4.31 Å². The molecule has 1 aromatic carbocycles. The van der Waals surface area contributed by atoms with E-state index < -0.39 is 10.0 Å². The van der Waals surface area contributed by atoms with Gasteiger partial charge in [-0.25, -0.2) is 8.42 Å². The van der Waals surface area contributed by atoms with Crippen LogP contribution in [0.15, 0.2) is 33.6 Å². The topological polar surface area (TPSA) is 46.6 Å². The molecule has 1 fully saturated rings. The van der Waals surface area contributed by atoms with Gasteiger partial charge < -0.3 is 4.74 Å². The predicted molar refractivity (Wildman–Crippen MR) is 72.9 cm³/mol. The first kappa shape index (κ1) is 14.0. The van der Waals surface area contributed by atoms with Gasteiger partial charge in [0.15, 0.2) is 0 Å². The maximum absolute atomic E-state index is 12.5. The van der Waals surface area contributed by atoms with Gasteiger partial charge in [-0.05, 0) is 37.1 Å². The molecule has 0 unspecified atom stereocenters. The number of benzene rings is 1. The van der Waals surface area contributed by atoms with Gasteiger partial charge in [0.25, 0.3) is 0 Å². The van der Waals surface area contributed by atoms with Crippen LogP contribution in [0.4, 0.5) is 0 Å². The first-order valence-electron chi connectivity index (χ1n) is 5.82. The number of sulfonamides is 1. The lowest BCUT2D eigenvalue weighted by Gasteiger charge is -2.23. The third kappa shape index (κ3) is 2.77. The van der Waals surface area contributed by atoms with Crippen molar-refractivity contribution >= 4 is 26.0 Å². The van der Waals surface area contributed by atoms with Crippen LogP contribution in [0.1, 0.15) is 12.8 Å². The minimum absolute atomic E-state index is 0.0383. The summed E-state index contributed by atoms with van der Waals surface area (Å²) in [6.45, 7) is 1.03. The van der Waals surface area contributed by atoms with Crippen molar-refractivity contribution in [3.8, 4) is 0 Å². The normalized spacial score (nSPS) is 21.3. The predicted octanol–water partition coefficient (Wildman–Crippen LogP) is 2.25. The maximum Gasteiger partial charge on any atom is 0.243 e. The molecule has 1 aliphatic rings. The maximum atomic E-state index is 12.5. The van der Waals surface area contributed by atoms with E-state index in [4.69, 9.17) is 4.74 Å². The minimum atomic E-state index is -3.39. The molecule has 6 heteroatoms. The molecular formula is C12H16BrNO3S. The summed E-state index contributed by atoms with van der Waals surface area (Å²) < 4.78 is 32.5. The van der Waals surface area contributed by atoms with Crippen LogP contribution in [0.5, 0.6) is 0 Å². The molecule has 4 nitrogen and oxygen atoms in total. The fourth-order valence-electron chi connectivity index (χ4n) is 2.23. The van der Waals surface area contributed by atoms with E-state index >= 15 is 0 Å². The van der Waals surface area contributed by atoms with Gasteiger partial charge in [0.1, 0.15) is 0 Å². The second-order valence-electron chi connectivity index (χ2n) is 4.32. The lowest BCUT2D eigenvalue weighted by molar-refractivity contribution is 0.149. The van der Waals surface area contributed by atoms with E-state index in [1.54, 1.807) is 35.7 Å². The summed E-state index contributed by atoms with van der Waals surface area (Å²) in [6, 6.07) is 6.70. The van der Waals surface area contributed by atoms with Crippen LogP contribution in [0.2, 0.25) is 0 Å². The van der Waals surface area contributed by atoms with Gasteiger partial charge in [-0.1, -0.05) is 15.9 Å². The molecule has 18 heavy (non-hydrogen) atoms. The van der Waals surface area contributed by atoms with E-state index in [1.807, 2.05) is 0 Å². The number of hydrogen-bond acceptors (Lipinski definition) is 3. The summed E-state index contributed by atoms with van der Waals surface area (Å²) in [4.78, 5) is 0.341. The number of ether oxygens (including phenoxy) is 1. The highest BCUT2D eigenvalue weighted by atomic mass is 79.9. The van der Waals surface area contributed by atoms with Gasteiger partial charge in [0.2, 0.25) is 10.0 Å². The molecule has 0 spiro atoms. The third-order valence-corrected chi connectivity index (χ3v) is 5.60. The molecule has 0 aromatic heterocycles. The standard InChI is InChI=1S/C12H16BrNO3S/c1-17-9-11-3-2-8-14(11)18(15,16)12-6-4-10(13)5-7-12/h4-7,11H,2-3,8-9H2,1H3/t11-/m1/s1. The number of hydrogen-bond donors (Lipinski definition) is 0. The monoisotopic (exact) mass is 333 g/mol. The molecular weight excluding hydrogens is 318 g/mol. The molecule has 1 heterocycles. The van der Waals surface area contributed by atoms with Crippen LogP contribution in [-0.2, 0) is 14.8 Å².